The molecule has 2 aromatic carbocycles. The van der Waals surface area contributed by atoms with Crippen molar-refractivity contribution >= 4 is 33.4 Å². The number of aliphatic imine (C=N–C) groups is 1. The summed E-state index contributed by atoms with van der Waals surface area (Å²) >= 11 is 3.37. The Morgan fingerprint density at radius 1 is 1.24 bits per heavy atom. The number of carbonyl (C=O) groups is 1. The van der Waals surface area contributed by atoms with E-state index >= 15 is 0 Å². The molecular weight excluding hydrogens is 334 g/mol. The Bertz CT molecular complexity index is 669. The molecule has 0 fully saturated rings. The summed E-state index contributed by atoms with van der Waals surface area (Å²) in [6, 6.07) is 14.5. The molecule has 0 bridgehead atoms. The summed E-state index contributed by atoms with van der Waals surface area (Å²) in [5, 5.41) is 0. The van der Waals surface area contributed by atoms with E-state index in [0.717, 1.165) is 15.7 Å². The third-order valence-electron chi connectivity index (χ3n) is 2.57. The van der Waals surface area contributed by atoms with Gasteiger partial charge in [-0.1, -0.05) is 28.1 Å². The molecule has 0 saturated carbocycles. The summed E-state index contributed by atoms with van der Waals surface area (Å²) in [5.41, 5.74) is 4.03. The molecule has 0 aromatic heterocycles. The van der Waals surface area contributed by atoms with Crippen LogP contribution in [0.2, 0.25) is 0 Å². The van der Waals surface area contributed by atoms with Gasteiger partial charge in [0.1, 0.15) is 11.6 Å². The summed E-state index contributed by atoms with van der Waals surface area (Å²) < 4.78 is 6.02. The Balaban J connectivity index is 2.32. The highest BCUT2D eigenvalue weighted by molar-refractivity contribution is 9.10. The molecule has 0 aliphatic rings. The molecule has 0 unspecified atom stereocenters. The Labute approximate surface area is 130 Å². The zero-order valence-electron chi connectivity index (χ0n) is 11.3. The minimum atomic E-state index is -0.376. The molecular formula is C15H14BrN3O2. The van der Waals surface area contributed by atoms with Gasteiger partial charge in [-0.2, -0.15) is 0 Å². The molecule has 108 valence electrons. The predicted octanol–water partition coefficient (Wildman–Crippen LogP) is 2.92. The van der Waals surface area contributed by atoms with Crippen LogP contribution in [0.25, 0.3) is 0 Å². The van der Waals surface area contributed by atoms with Crippen molar-refractivity contribution in [3.05, 3.63) is 58.6 Å². The first-order chi connectivity index (χ1) is 10.1. The van der Waals surface area contributed by atoms with Crippen LogP contribution in [0.4, 0.5) is 5.69 Å². The second-order valence-corrected chi connectivity index (χ2v) is 5.12. The standard InChI is InChI=1S/C15H14BrN3O2/c1-10(20)21-14-4-2-3-11(9-14)15(19-17)18-13-7-5-12(16)6-8-13/h2-9H,17H2,1H3,(H,18,19). The molecule has 2 rings (SSSR count). The van der Waals surface area contributed by atoms with Gasteiger partial charge in [-0.25, -0.2) is 10.8 Å². The van der Waals surface area contributed by atoms with Crippen LogP contribution >= 0.6 is 15.9 Å². The van der Waals surface area contributed by atoms with E-state index in [4.69, 9.17) is 10.6 Å². The van der Waals surface area contributed by atoms with E-state index in [1.54, 1.807) is 18.2 Å². The summed E-state index contributed by atoms with van der Waals surface area (Å²) in [6.07, 6.45) is 0. The number of nitrogens with two attached hydrogens (primary N) is 1. The van der Waals surface area contributed by atoms with Crippen molar-refractivity contribution in [2.24, 2.45) is 10.8 Å². The van der Waals surface area contributed by atoms with Crippen molar-refractivity contribution in [2.45, 2.75) is 6.92 Å². The van der Waals surface area contributed by atoms with Crippen LogP contribution in [-0.2, 0) is 4.79 Å². The van der Waals surface area contributed by atoms with E-state index in [0.29, 0.717) is 11.6 Å². The first kappa shape index (κ1) is 15.2. The predicted molar refractivity (Wildman–Crippen MR) is 85.4 cm³/mol. The lowest BCUT2D eigenvalue weighted by Crippen LogP contribution is -2.30. The van der Waals surface area contributed by atoms with Gasteiger partial charge in [0.2, 0.25) is 0 Å². The highest BCUT2D eigenvalue weighted by Crippen LogP contribution is 2.19. The minimum Gasteiger partial charge on any atom is -0.427 e. The Kier molecular flexibility index (Phi) is 5.08. The highest BCUT2D eigenvalue weighted by atomic mass is 79.9. The van der Waals surface area contributed by atoms with E-state index in [1.165, 1.54) is 6.92 Å². The maximum Gasteiger partial charge on any atom is 0.308 e. The third-order valence-corrected chi connectivity index (χ3v) is 3.10. The van der Waals surface area contributed by atoms with Gasteiger partial charge in [-0.05, 0) is 36.4 Å². The van der Waals surface area contributed by atoms with Crippen LogP contribution in [-0.4, -0.2) is 11.8 Å². The molecule has 0 saturated heterocycles. The summed E-state index contributed by atoms with van der Waals surface area (Å²) in [5.74, 6) is 6.08. The molecule has 0 atom stereocenters. The molecule has 5 nitrogen and oxygen atoms in total. The Morgan fingerprint density at radius 3 is 2.57 bits per heavy atom. The van der Waals surface area contributed by atoms with Crippen LogP contribution in [0.1, 0.15) is 12.5 Å². The van der Waals surface area contributed by atoms with Gasteiger partial charge in [0.25, 0.3) is 0 Å². The largest absolute Gasteiger partial charge is 0.427 e. The number of hydrazine groups is 1. The van der Waals surface area contributed by atoms with Crippen LogP contribution in [0.3, 0.4) is 0 Å². The fraction of sp³-hybridized carbons (Fsp3) is 0.0667. The molecule has 0 heterocycles. The highest BCUT2D eigenvalue weighted by Gasteiger charge is 2.05. The maximum absolute atomic E-state index is 11.0. The second kappa shape index (κ2) is 7.01. The molecule has 0 amide bonds. The first-order valence-electron chi connectivity index (χ1n) is 6.18. The molecule has 6 heteroatoms. The van der Waals surface area contributed by atoms with Gasteiger partial charge < -0.3 is 10.2 Å². The van der Waals surface area contributed by atoms with Crippen molar-refractivity contribution in [1.82, 2.24) is 5.43 Å². The number of rotatable bonds is 3. The fourth-order valence-electron chi connectivity index (χ4n) is 1.70. The number of nitrogens with one attached hydrogen (secondary N) is 1. The molecule has 2 aromatic rings. The number of ether oxygens (including phenoxy) is 1. The van der Waals surface area contributed by atoms with Crippen LogP contribution < -0.4 is 16.0 Å². The molecule has 3 N–H and O–H groups in total. The number of halogens is 1. The second-order valence-electron chi connectivity index (χ2n) is 4.20. The molecule has 21 heavy (non-hydrogen) atoms. The lowest BCUT2D eigenvalue weighted by atomic mass is 10.2. The quantitative estimate of drug-likeness (QED) is 0.223. The lowest BCUT2D eigenvalue weighted by Gasteiger charge is -2.08. The molecule has 0 radical (unpaired) electrons. The summed E-state index contributed by atoms with van der Waals surface area (Å²) in [7, 11) is 0. The smallest absolute Gasteiger partial charge is 0.308 e. The number of nitrogens with zero attached hydrogens (tertiary/aromatic N) is 1. The van der Waals surface area contributed by atoms with Crippen LogP contribution in [0, 0.1) is 0 Å². The van der Waals surface area contributed by atoms with Gasteiger partial charge in [-0.15, -0.1) is 0 Å². The number of hydrogen-bond acceptors (Lipinski definition) is 4. The Morgan fingerprint density at radius 2 is 1.95 bits per heavy atom. The average molecular weight is 348 g/mol. The number of hydrogen-bond donors (Lipinski definition) is 2. The summed E-state index contributed by atoms with van der Waals surface area (Å²) in [4.78, 5) is 15.4. The number of carbonyl (C=O) groups excluding carboxylic acids is 1. The Hall–Kier alpha value is -2.18. The van der Waals surface area contributed by atoms with E-state index in [2.05, 4.69) is 26.3 Å². The molecule has 0 spiro atoms. The lowest BCUT2D eigenvalue weighted by molar-refractivity contribution is -0.131. The fourth-order valence-corrected chi connectivity index (χ4v) is 1.96. The minimum absolute atomic E-state index is 0.376. The molecule has 0 aliphatic carbocycles. The van der Waals surface area contributed by atoms with Gasteiger partial charge in [-0.3, -0.25) is 4.79 Å². The maximum atomic E-state index is 11.0. The first-order valence-corrected chi connectivity index (χ1v) is 6.97. The van der Waals surface area contributed by atoms with Crippen molar-refractivity contribution in [3.8, 4) is 5.75 Å². The van der Waals surface area contributed by atoms with Crippen LogP contribution in [0.15, 0.2) is 58.0 Å². The van der Waals surface area contributed by atoms with Gasteiger partial charge in [0, 0.05) is 17.0 Å². The topological polar surface area (TPSA) is 76.7 Å². The number of esters is 1. The normalized spacial score (nSPS) is 11.1. The zero-order chi connectivity index (χ0) is 15.2. The summed E-state index contributed by atoms with van der Waals surface area (Å²) in [6.45, 7) is 1.35. The average Bonchev–Trinajstić information content (AvgIpc) is 2.46. The van der Waals surface area contributed by atoms with E-state index in [-0.39, 0.29) is 5.97 Å². The van der Waals surface area contributed by atoms with Crippen molar-refractivity contribution in [3.63, 3.8) is 0 Å². The van der Waals surface area contributed by atoms with Gasteiger partial charge in [0.15, 0.2) is 0 Å². The van der Waals surface area contributed by atoms with E-state index < -0.39 is 0 Å². The van der Waals surface area contributed by atoms with Gasteiger partial charge >= 0.3 is 5.97 Å². The molecule has 0 aliphatic heterocycles. The third kappa shape index (κ3) is 4.40. The van der Waals surface area contributed by atoms with E-state index in [9.17, 15) is 4.79 Å². The van der Waals surface area contributed by atoms with Crippen molar-refractivity contribution in [2.75, 3.05) is 0 Å². The SMILES string of the molecule is CC(=O)Oc1cccc(C(=Nc2ccc(Br)cc2)NN)c1. The van der Waals surface area contributed by atoms with Crippen molar-refractivity contribution in [1.29, 1.82) is 0 Å². The van der Waals surface area contributed by atoms with E-state index in [1.807, 2.05) is 30.3 Å². The zero-order valence-corrected chi connectivity index (χ0v) is 12.9. The number of amidine groups is 1. The number of benzene rings is 2. The van der Waals surface area contributed by atoms with Gasteiger partial charge in [0.05, 0.1) is 5.69 Å². The van der Waals surface area contributed by atoms with Crippen molar-refractivity contribution < 1.29 is 9.53 Å². The van der Waals surface area contributed by atoms with Crippen LogP contribution in [0.5, 0.6) is 5.75 Å². The monoisotopic (exact) mass is 347 g/mol.